The van der Waals surface area contributed by atoms with Gasteiger partial charge >= 0.3 is 0 Å². The minimum Gasteiger partial charge on any atom is -0.455 e. The Labute approximate surface area is 177 Å². The van der Waals surface area contributed by atoms with E-state index in [0.29, 0.717) is 27.1 Å². The molecule has 2 heterocycles. The molecule has 1 aromatic carbocycles. The van der Waals surface area contributed by atoms with Crippen molar-refractivity contribution in [1.82, 2.24) is 5.01 Å². The predicted molar refractivity (Wildman–Crippen MR) is 108 cm³/mol. The summed E-state index contributed by atoms with van der Waals surface area (Å²) in [5.41, 5.74) is 0.849. The molecule has 0 radical (unpaired) electrons. The highest BCUT2D eigenvalue weighted by atomic mass is 35.5. The fourth-order valence-corrected chi connectivity index (χ4v) is 5.95. The molecule has 29 heavy (non-hydrogen) atoms. The molecule has 2 bridgehead atoms. The quantitative estimate of drug-likeness (QED) is 0.402. The van der Waals surface area contributed by atoms with E-state index in [4.69, 9.17) is 27.6 Å². The van der Waals surface area contributed by atoms with Gasteiger partial charge in [0.2, 0.25) is 0 Å². The number of furan rings is 1. The van der Waals surface area contributed by atoms with Crippen LogP contribution in [0.3, 0.4) is 0 Å². The minimum atomic E-state index is -0.255. The Balaban J connectivity index is 1.25. The van der Waals surface area contributed by atoms with Crippen LogP contribution in [0.4, 0.5) is 0 Å². The van der Waals surface area contributed by atoms with Gasteiger partial charge in [0.1, 0.15) is 11.5 Å². The summed E-state index contributed by atoms with van der Waals surface area (Å²) >= 11 is 12.3. The molecule has 5 nitrogen and oxygen atoms in total. The van der Waals surface area contributed by atoms with Crippen LogP contribution in [0.25, 0.3) is 11.3 Å². The van der Waals surface area contributed by atoms with Crippen molar-refractivity contribution >= 4 is 41.2 Å². The maximum atomic E-state index is 12.9. The van der Waals surface area contributed by atoms with Gasteiger partial charge in [0.15, 0.2) is 0 Å². The Hall–Kier alpha value is -2.37. The lowest BCUT2D eigenvalue weighted by Gasteiger charge is -2.18. The summed E-state index contributed by atoms with van der Waals surface area (Å²) in [6, 6.07) is 8.76. The van der Waals surface area contributed by atoms with Gasteiger partial charge in [-0.25, -0.2) is 0 Å². The standard InChI is InChI=1S/C22H16Cl2N2O3/c23-15-3-1-2-12(19(15)24)16-7-4-11(29-16)10-25-26-20(27)17-13-5-6-14(18(17)21(26)28)22(13)8-9-22/h1-7,10,13-14,17-18H,8-9H2/b25-10-/t13-,14-,17-,18-/m1/s1. The highest BCUT2D eigenvalue weighted by Gasteiger charge is 2.73. The fraction of sp³-hybridized carbons (Fsp3) is 0.318. The van der Waals surface area contributed by atoms with Crippen molar-refractivity contribution in [1.29, 1.82) is 0 Å². The molecule has 0 N–H and O–H groups in total. The molecule has 3 fully saturated rings. The molecule has 3 aliphatic carbocycles. The van der Waals surface area contributed by atoms with Gasteiger partial charge in [0, 0.05) is 5.56 Å². The van der Waals surface area contributed by atoms with Gasteiger partial charge in [-0.3, -0.25) is 9.59 Å². The Bertz CT molecular complexity index is 1100. The minimum absolute atomic E-state index is 0.183. The lowest BCUT2D eigenvalue weighted by atomic mass is 9.85. The number of hydrogen-bond donors (Lipinski definition) is 0. The van der Waals surface area contributed by atoms with Crippen molar-refractivity contribution < 1.29 is 14.0 Å². The molecule has 1 aliphatic heterocycles. The van der Waals surface area contributed by atoms with Crippen LogP contribution in [0, 0.1) is 29.1 Å². The molecule has 6 rings (SSSR count). The van der Waals surface area contributed by atoms with Gasteiger partial charge in [-0.1, -0.05) is 41.4 Å². The van der Waals surface area contributed by atoms with E-state index in [2.05, 4.69) is 17.3 Å². The van der Waals surface area contributed by atoms with Gasteiger partial charge < -0.3 is 4.42 Å². The van der Waals surface area contributed by atoms with Crippen LogP contribution in [-0.4, -0.2) is 23.0 Å². The maximum Gasteiger partial charge on any atom is 0.254 e. The average Bonchev–Trinajstić information content (AvgIpc) is 3.00. The van der Waals surface area contributed by atoms with E-state index in [9.17, 15) is 9.59 Å². The third-order valence-electron chi connectivity index (χ3n) is 6.97. The van der Waals surface area contributed by atoms with E-state index in [1.807, 2.05) is 0 Å². The number of allylic oxidation sites excluding steroid dienone is 2. The lowest BCUT2D eigenvalue weighted by Crippen LogP contribution is -2.30. The Morgan fingerprint density at radius 3 is 2.38 bits per heavy atom. The molecule has 0 unspecified atom stereocenters. The monoisotopic (exact) mass is 426 g/mol. The number of fused-ring (bicyclic) bond motifs is 3. The van der Waals surface area contributed by atoms with E-state index < -0.39 is 0 Å². The first-order valence-electron chi connectivity index (χ1n) is 9.66. The highest BCUT2D eigenvalue weighted by Crippen LogP contribution is 2.73. The Kier molecular flexibility index (Phi) is 3.52. The van der Waals surface area contributed by atoms with Crippen molar-refractivity contribution in [3.05, 3.63) is 58.3 Å². The molecule has 1 spiro atoms. The van der Waals surface area contributed by atoms with Crippen LogP contribution >= 0.6 is 23.2 Å². The number of halogens is 2. The van der Waals surface area contributed by atoms with Crippen LogP contribution in [0.1, 0.15) is 18.6 Å². The second-order valence-corrected chi connectivity index (χ2v) is 9.04. The number of rotatable bonds is 3. The van der Waals surface area contributed by atoms with Gasteiger partial charge in [-0.2, -0.15) is 10.1 Å². The first-order valence-corrected chi connectivity index (χ1v) is 10.4. The van der Waals surface area contributed by atoms with Crippen molar-refractivity contribution in [3.8, 4) is 11.3 Å². The second-order valence-electron chi connectivity index (χ2n) is 8.26. The summed E-state index contributed by atoms with van der Waals surface area (Å²) in [4.78, 5) is 25.9. The van der Waals surface area contributed by atoms with Crippen LogP contribution in [0.5, 0.6) is 0 Å². The topological polar surface area (TPSA) is 62.9 Å². The lowest BCUT2D eigenvalue weighted by molar-refractivity contribution is -0.141. The second kappa shape index (κ2) is 5.83. The number of carbonyl (C=O) groups excluding carboxylic acids is 2. The fourth-order valence-electron chi connectivity index (χ4n) is 5.55. The number of hydrazone groups is 1. The summed E-state index contributed by atoms with van der Waals surface area (Å²) in [6.45, 7) is 0. The van der Waals surface area contributed by atoms with Crippen LogP contribution in [0.15, 0.2) is 52.0 Å². The molecule has 146 valence electrons. The van der Waals surface area contributed by atoms with E-state index in [1.54, 1.807) is 30.3 Å². The highest BCUT2D eigenvalue weighted by molar-refractivity contribution is 6.43. The van der Waals surface area contributed by atoms with Gasteiger partial charge in [0.05, 0.1) is 28.1 Å². The first kappa shape index (κ1) is 17.5. The molecule has 2 saturated carbocycles. The third kappa shape index (κ3) is 2.26. The normalized spacial score (nSPS) is 30.9. The summed E-state index contributed by atoms with van der Waals surface area (Å²) in [5.74, 6) is 0.446. The number of hydrogen-bond acceptors (Lipinski definition) is 4. The molecule has 1 saturated heterocycles. The number of benzene rings is 1. The maximum absolute atomic E-state index is 12.9. The third-order valence-corrected chi connectivity index (χ3v) is 7.79. The van der Waals surface area contributed by atoms with Gasteiger partial charge in [-0.15, -0.1) is 0 Å². The van der Waals surface area contributed by atoms with Crippen molar-refractivity contribution in [2.45, 2.75) is 12.8 Å². The van der Waals surface area contributed by atoms with E-state index in [1.165, 1.54) is 6.21 Å². The Morgan fingerprint density at radius 2 is 1.72 bits per heavy atom. The van der Waals surface area contributed by atoms with Crippen molar-refractivity contribution in [2.24, 2.45) is 34.2 Å². The van der Waals surface area contributed by atoms with Crippen LogP contribution in [-0.2, 0) is 9.59 Å². The largest absolute Gasteiger partial charge is 0.455 e. The van der Waals surface area contributed by atoms with E-state index in [0.717, 1.165) is 17.9 Å². The summed E-state index contributed by atoms with van der Waals surface area (Å²) in [7, 11) is 0. The average molecular weight is 427 g/mol. The number of carbonyl (C=O) groups is 2. The number of imide groups is 1. The molecule has 4 aliphatic rings. The summed E-state index contributed by atoms with van der Waals surface area (Å²) < 4.78 is 5.77. The SMILES string of the molecule is O=C1[C@H]2[C@H](C(=O)N1/N=C\c1ccc(-c3cccc(Cl)c3Cl)o1)[C@H]1C=C[C@H]2C12CC2. The molecule has 2 aromatic rings. The molecule has 2 amide bonds. The first-order chi connectivity index (χ1) is 14.0. The summed E-state index contributed by atoms with van der Waals surface area (Å²) in [5, 5.41) is 6.05. The number of nitrogens with zero attached hydrogens (tertiary/aromatic N) is 2. The molecular formula is C22H16Cl2N2O3. The van der Waals surface area contributed by atoms with Crippen LogP contribution < -0.4 is 0 Å². The molecule has 1 aromatic heterocycles. The smallest absolute Gasteiger partial charge is 0.254 e. The van der Waals surface area contributed by atoms with Crippen molar-refractivity contribution in [2.75, 3.05) is 0 Å². The van der Waals surface area contributed by atoms with Crippen molar-refractivity contribution in [3.63, 3.8) is 0 Å². The van der Waals surface area contributed by atoms with Gasteiger partial charge in [0.25, 0.3) is 11.8 Å². The van der Waals surface area contributed by atoms with Crippen LogP contribution in [0.2, 0.25) is 10.0 Å². The summed E-state index contributed by atoms with van der Waals surface area (Å²) in [6.07, 6.45) is 7.93. The predicted octanol–water partition coefficient (Wildman–Crippen LogP) is 4.78. The zero-order valence-corrected chi connectivity index (χ0v) is 16.7. The molecule has 7 heteroatoms. The Morgan fingerprint density at radius 1 is 1.03 bits per heavy atom. The van der Waals surface area contributed by atoms with Gasteiger partial charge in [-0.05, 0) is 54.4 Å². The zero-order chi connectivity index (χ0) is 19.9. The molecule has 4 atom stereocenters. The van der Waals surface area contributed by atoms with E-state index in [-0.39, 0.29) is 40.9 Å². The number of amides is 2. The molecular weight excluding hydrogens is 411 g/mol. The zero-order valence-electron chi connectivity index (χ0n) is 15.2. The van der Waals surface area contributed by atoms with E-state index >= 15 is 0 Å².